The van der Waals surface area contributed by atoms with E-state index in [9.17, 15) is 10.2 Å². The Bertz CT molecular complexity index is 967. The van der Waals surface area contributed by atoms with Crippen molar-refractivity contribution in [2.45, 2.75) is 50.9 Å². The largest absolute Gasteiger partial charge is 0.487 e. The van der Waals surface area contributed by atoms with Crippen LogP contribution >= 0.6 is 0 Å². The number of nitrogens with zero attached hydrogens (tertiary/aromatic N) is 1. The van der Waals surface area contributed by atoms with Gasteiger partial charge in [-0.1, -0.05) is 6.07 Å². The summed E-state index contributed by atoms with van der Waals surface area (Å²) in [5.41, 5.74) is 3.79. The Balaban J connectivity index is 1.23. The van der Waals surface area contributed by atoms with E-state index in [1.54, 1.807) is 0 Å². The molecule has 0 radical (unpaired) electrons. The Morgan fingerprint density at radius 1 is 1.00 bits per heavy atom. The van der Waals surface area contributed by atoms with Gasteiger partial charge in [0.15, 0.2) is 11.5 Å². The van der Waals surface area contributed by atoms with Gasteiger partial charge in [0, 0.05) is 31.6 Å². The first-order chi connectivity index (χ1) is 14.9. The molecule has 3 aliphatic rings. The fourth-order valence-electron chi connectivity index (χ4n) is 4.96. The first-order valence-electron chi connectivity index (χ1n) is 11.2. The molecule has 2 N–H and O–H groups in total. The standard InChI is InChI=1S/C25H31NO5/c1-16-11-19-20(27)14-25(31-23(19)12-17(16)2)5-7-26(8-6-25)15-21(28)18-3-4-22-24(13-18)30-10-9-29-22/h3-4,11-13,20-21,27-28H,5-10,14-15H2,1-2H3. The highest BCUT2D eigenvalue weighted by atomic mass is 16.6. The van der Waals surface area contributed by atoms with E-state index in [0.29, 0.717) is 31.9 Å². The zero-order valence-corrected chi connectivity index (χ0v) is 18.3. The molecule has 2 aromatic carbocycles. The number of hydrogen-bond donors (Lipinski definition) is 2. The summed E-state index contributed by atoms with van der Waals surface area (Å²) in [6, 6.07) is 9.78. The number of hydrogen-bond acceptors (Lipinski definition) is 6. The summed E-state index contributed by atoms with van der Waals surface area (Å²) >= 11 is 0. The number of β-amino-alcohol motifs (C(OH)–C–C–N with tert-alkyl or cyclic N) is 1. The zero-order valence-electron chi connectivity index (χ0n) is 18.3. The average Bonchev–Trinajstić information content (AvgIpc) is 2.77. The molecule has 0 bridgehead atoms. The van der Waals surface area contributed by atoms with Crippen molar-refractivity contribution in [1.29, 1.82) is 0 Å². The third kappa shape index (κ3) is 4.00. The van der Waals surface area contributed by atoms with Crippen LogP contribution in [0, 0.1) is 13.8 Å². The molecular weight excluding hydrogens is 394 g/mol. The topological polar surface area (TPSA) is 71.4 Å². The number of aliphatic hydroxyl groups excluding tert-OH is 2. The van der Waals surface area contributed by atoms with Crippen molar-refractivity contribution in [1.82, 2.24) is 4.90 Å². The first-order valence-corrected chi connectivity index (χ1v) is 11.2. The predicted octanol–water partition coefficient (Wildman–Crippen LogP) is 3.46. The van der Waals surface area contributed by atoms with Gasteiger partial charge in [0.25, 0.3) is 0 Å². The maximum absolute atomic E-state index is 10.8. The van der Waals surface area contributed by atoms with Crippen molar-refractivity contribution < 1.29 is 24.4 Å². The maximum Gasteiger partial charge on any atom is 0.161 e. The Kier molecular flexibility index (Phi) is 5.32. The molecule has 2 unspecified atom stereocenters. The monoisotopic (exact) mass is 425 g/mol. The molecule has 0 aliphatic carbocycles. The van der Waals surface area contributed by atoms with Crippen molar-refractivity contribution in [2.75, 3.05) is 32.8 Å². The van der Waals surface area contributed by atoms with Crippen LogP contribution in [-0.4, -0.2) is 53.6 Å². The molecule has 2 aromatic rings. The van der Waals surface area contributed by atoms with Crippen LogP contribution in [0.1, 0.15) is 53.7 Å². The van der Waals surface area contributed by atoms with Gasteiger partial charge in [0.1, 0.15) is 24.6 Å². The van der Waals surface area contributed by atoms with Crippen LogP contribution in [0.15, 0.2) is 30.3 Å². The third-order valence-electron chi connectivity index (χ3n) is 7.03. The van der Waals surface area contributed by atoms with Gasteiger partial charge in [-0.25, -0.2) is 0 Å². The smallest absolute Gasteiger partial charge is 0.161 e. The minimum atomic E-state index is -0.589. The Hall–Kier alpha value is -2.28. The second-order valence-corrected chi connectivity index (χ2v) is 9.20. The third-order valence-corrected chi connectivity index (χ3v) is 7.03. The van der Waals surface area contributed by atoms with Crippen molar-refractivity contribution >= 4 is 0 Å². The number of benzene rings is 2. The van der Waals surface area contributed by atoms with Crippen molar-refractivity contribution in [2.24, 2.45) is 0 Å². The summed E-state index contributed by atoms with van der Waals surface area (Å²) in [6.45, 7) is 7.46. The van der Waals surface area contributed by atoms with E-state index in [4.69, 9.17) is 14.2 Å². The second-order valence-electron chi connectivity index (χ2n) is 9.20. The van der Waals surface area contributed by atoms with E-state index in [-0.39, 0.29) is 5.60 Å². The van der Waals surface area contributed by atoms with E-state index in [1.807, 2.05) is 18.2 Å². The molecular formula is C25H31NO5. The number of ether oxygens (including phenoxy) is 3. The summed E-state index contributed by atoms with van der Waals surface area (Å²) in [5.74, 6) is 2.27. The summed E-state index contributed by atoms with van der Waals surface area (Å²) in [5, 5.41) is 21.6. The molecule has 3 heterocycles. The SMILES string of the molecule is Cc1cc2c(cc1C)C(O)CC1(CCN(CC(O)c3ccc4c(c3)OCCO4)CC1)O2. The number of piperidine rings is 1. The lowest BCUT2D eigenvalue weighted by molar-refractivity contribution is -0.0588. The van der Waals surface area contributed by atoms with E-state index >= 15 is 0 Å². The molecule has 6 nitrogen and oxygen atoms in total. The fourth-order valence-corrected chi connectivity index (χ4v) is 4.96. The number of rotatable bonds is 3. The molecule has 1 spiro atoms. The van der Waals surface area contributed by atoms with Crippen molar-refractivity contribution in [3.8, 4) is 17.2 Å². The van der Waals surface area contributed by atoms with Gasteiger partial charge in [-0.05, 0) is 67.6 Å². The Morgan fingerprint density at radius 2 is 1.71 bits per heavy atom. The molecule has 0 saturated carbocycles. The molecule has 1 fully saturated rings. The van der Waals surface area contributed by atoms with Crippen LogP contribution in [0.5, 0.6) is 17.2 Å². The van der Waals surface area contributed by atoms with Gasteiger partial charge < -0.3 is 29.3 Å². The zero-order chi connectivity index (χ0) is 21.6. The Labute approximate surface area is 183 Å². The van der Waals surface area contributed by atoms with E-state index in [2.05, 4.69) is 30.9 Å². The molecule has 31 heavy (non-hydrogen) atoms. The molecule has 0 aromatic heterocycles. The lowest BCUT2D eigenvalue weighted by Gasteiger charge is -2.46. The minimum Gasteiger partial charge on any atom is -0.487 e. The summed E-state index contributed by atoms with van der Waals surface area (Å²) < 4.78 is 17.7. The lowest BCUT2D eigenvalue weighted by atomic mass is 9.81. The van der Waals surface area contributed by atoms with Crippen LogP contribution < -0.4 is 14.2 Å². The van der Waals surface area contributed by atoms with Crippen LogP contribution in [0.2, 0.25) is 0 Å². The highest BCUT2D eigenvalue weighted by Gasteiger charge is 2.43. The first kappa shape index (κ1) is 20.6. The van der Waals surface area contributed by atoms with E-state index in [0.717, 1.165) is 48.6 Å². The summed E-state index contributed by atoms with van der Waals surface area (Å²) in [4.78, 5) is 2.28. The highest BCUT2D eigenvalue weighted by molar-refractivity contribution is 5.45. The van der Waals surface area contributed by atoms with Gasteiger partial charge in [-0.2, -0.15) is 0 Å². The maximum atomic E-state index is 10.8. The predicted molar refractivity (Wildman–Crippen MR) is 117 cm³/mol. The van der Waals surface area contributed by atoms with Crippen molar-refractivity contribution in [3.05, 3.63) is 52.6 Å². The average molecular weight is 426 g/mol. The van der Waals surface area contributed by atoms with Crippen LogP contribution in [0.3, 0.4) is 0 Å². The second kappa shape index (κ2) is 8.01. The number of fused-ring (bicyclic) bond motifs is 2. The number of aryl methyl sites for hydroxylation is 2. The van der Waals surface area contributed by atoms with Crippen LogP contribution in [0.4, 0.5) is 0 Å². The number of likely N-dealkylation sites (tertiary alicyclic amines) is 1. The van der Waals surface area contributed by atoms with Gasteiger partial charge in [0.2, 0.25) is 0 Å². The van der Waals surface area contributed by atoms with Crippen LogP contribution in [-0.2, 0) is 0 Å². The normalized spacial score (nSPS) is 23.2. The molecule has 166 valence electrons. The summed E-state index contributed by atoms with van der Waals surface area (Å²) in [7, 11) is 0. The molecule has 5 rings (SSSR count). The van der Waals surface area contributed by atoms with Crippen LogP contribution in [0.25, 0.3) is 0 Å². The summed E-state index contributed by atoms with van der Waals surface area (Å²) in [6.07, 6.45) is 1.22. The van der Waals surface area contributed by atoms with Gasteiger partial charge >= 0.3 is 0 Å². The lowest BCUT2D eigenvalue weighted by Crippen LogP contribution is -2.51. The Morgan fingerprint density at radius 3 is 2.48 bits per heavy atom. The van der Waals surface area contributed by atoms with Gasteiger partial charge in [0.05, 0.1) is 12.2 Å². The minimum absolute atomic E-state index is 0.327. The molecule has 0 amide bonds. The number of aliphatic hydroxyl groups is 2. The molecule has 3 aliphatic heterocycles. The molecule has 6 heteroatoms. The van der Waals surface area contributed by atoms with E-state index < -0.39 is 12.2 Å². The molecule has 1 saturated heterocycles. The van der Waals surface area contributed by atoms with Crippen molar-refractivity contribution in [3.63, 3.8) is 0 Å². The molecule has 2 atom stereocenters. The highest BCUT2D eigenvalue weighted by Crippen LogP contribution is 2.45. The van der Waals surface area contributed by atoms with E-state index in [1.165, 1.54) is 11.1 Å². The fraction of sp³-hybridized carbons (Fsp3) is 0.520. The quantitative estimate of drug-likeness (QED) is 0.785. The van der Waals surface area contributed by atoms with Gasteiger partial charge in [-0.3, -0.25) is 0 Å². The van der Waals surface area contributed by atoms with Gasteiger partial charge in [-0.15, -0.1) is 0 Å².